The molecular formula is C11H14N2O4S. The Balaban J connectivity index is 0.000000232. The topological polar surface area (TPSA) is 86.1 Å². The number of aromatic nitrogens is 2. The molecule has 1 N–H and O–H groups in total. The third kappa shape index (κ3) is 4.28. The van der Waals surface area contributed by atoms with E-state index < -0.39 is 10.4 Å². The van der Waals surface area contributed by atoms with Crippen LogP contribution in [-0.2, 0) is 21.1 Å². The highest BCUT2D eigenvalue weighted by atomic mass is 32.3. The Labute approximate surface area is 105 Å². The van der Waals surface area contributed by atoms with Gasteiger partial charge in [-0.3, -0.25) is 4.18 Å². The fourth-order valence-corrected chi connectivity index (χ4v) is 1.35. The zero-order valence-corrected chi connectivity index (χ0v) is 10.7. The number of fused-ring (bicyclic) bond motifs is 1. The molecule has 18 heavy (non-hydrogen) atoms. The maximum absolute atomic E-state index is 9.22. The highest BCUT2D eigenvalue weighted by Gasteiger charge is 2.04. The molecule has 0 aliphatic carbocycles. The molecule has 0 amide bonds. The van der Waals surface area contributed by atoms with Crippen LogP contribution in [0.3, 0.4) is 0 Å². The van der Waals surface area contributed by atoms with Gasteiger partial charge in [-0.1, -0.05) is 24.8 Å². The molecule has 0 bridgehead atoms. The number of H-pyrrole nitrogens is 1. The standard InChI is InChI=1S/C10H10N2.CH4O4S/c1-2-7-12-8-11-9-5-3-4-6-10(9)12;1-5-6(2,3)4/h2-6,8H,1,7H2;1H3,(H,2,3,4). The number of hydrogen-bond acceptors (Lipinski definition) is 4. The van der Waals surface area contributed by atoms with E-state index in [1.807, 2.05) is 24.5 Å². The molecule has 98 valence electrons. The fourth-order valence-electron chi connectivity index (χ4n) is 1.35. The van der Waals surface area contributed by atoms with Crippen molar-refractivity contribution in [2.75, 3.05) is 7.11 Å². The van der Waals surface area contributed by atoms with Crippen LogP contribution in [-0.4, -0.2) is 25.1 Å². The molecule has 1 aromatic heterocycles. The molecule has 0 unspecified atom stereocenters. The second-order valence-corrected chi connectivity index (χ2v) is 4.46. The van der Waals surface area contributed by atoms with Crippen LogP contribution in [0.25, 0.3) is 11.0 Å². The Hall–Kier alpha value is -1.70. The Kier molecular flexibility index (Phi) is 5.02. The van der Waals surface area contributed by atoms with Gasteiger partial charge in [-0.15, -0.1) is 0 Å². The third-order valence-electron chi connectivity index (χ3n) is 2.12. The van der Waals surface area contributed by atoms with Gasteiger partial charge in [-0.25, -0.2) is 18.0 Å². The number of imidazole rings is 1. The van der Waals surface area contributed by atoms with Crippen molar-refractivity contribution in [1.29, 1.82) is 0 Å². The van der Waals surface area contributed by atoms with Gasteiger partial charge in [-0.2, -0.15) is 0 Å². The van der Waals surface area contributed by atoms with Crippen LogP contribution in [0.1, 0.15) is 0 Å². The van der Waals surface area contributed by atoms with E-state index in [0.717, 1.165) is 13.7 Å². The predicted molar refractivity (Wildman–Crippen MR) is 65.4 cm³/mol. The van der Waals surface area contributed by atoms with Crippen molar-refractivity contribution >= 4 is 21.4 Å². The summed E-state index contributed by atoms with van der Waals surface area (Å²) in [4.78, 5) is 3.19. The lowest BCUT2D eigenvalue weighted by molar-refractivity contribution is -0.660. The molecule has 6 nitrogen and oxygen atoms in total. The van der Waals surface area contributed by atoms with Crippen molar-refractivity contribution in [1.82, 2.24) is 4.98 Å². The molecule has 7 heteroatoms. The van der Waals surface area contributed by atoms with Gasteiger partial charge in [0.05, 0.1) is 7.11 Å². The summed E-state index contributed by atoms with van der Waals surface area (Å²) in [6, 6.07) is 8.22. The second-order valence-electron chi connectivity index (χ2n) is 3.31. The van der Waals surface area contributed by atoms with Gasteiger partial charge in [-0.05, 0) is 12.1 Å². The quantitative estimate of drug-likeness (QED) is 0.385. The molecule has 2 rings (SSSR count). The summed E-state index contributed by atoms with van der Waals surface area (Å²) in [6.07, 6.45) is 3.85. The molecule has 0 aliphatic rings. The number of aromatic amines is 1. The maximum atomic E-state index is 9.22. The molecule has 0 radical (unpaired) electrons. The van der Waals surface area contributed by atoms with Gasteiger partial charge >= 0.3 is 0 Å². The number of allylic oxidation sites excluding steroid dienone is 1. The molecule has 0 spiro atoms. The summed E-state index contributed by atoms with van der Waals surface area (Å²) in [5.41, 5.74) is 2.39. The monoisotopic (exact) mass is 270 g/mol. The van der Waals surface area contributed by atoms with Gasteiger partial charge in [0.25, 0.3) is 0 Å². The fraction of sp³-hybridized carbons (Fsp3) is 0.182. The van der Waals surface area contributed by atoms with Crippen molar-refractivity contribution in [2.45, 2.75) is 6.54 Å². The molecule has 1 aromatic carbocycles. The number of nitrogens with zero attached hydrogens (tertiary/aromatic N) is 1. The van der Waals surface area contributed by atoms with Gasteiger partial charge in [0.2, 0.25) is 16.7 Å². The lowest BCUT2D eigenvalue weighted by Crippen LogP contribution is -2.30. The molecule has 0 saturated heterocycles. The first kappa shape index (κ1) is 14.4. The molecule has 0 fully saturated rings. The smallest absolute Gasteiger partial charge is 0.242 e. The number of nitrogens with one attached hydrogen (secondary N) is 1. The van der Waals surface area contributed by atoms with E-state index in [9.17, 15) is 13.0 Å². The summed E-state index contributed by atoms with van der Waals surface area (Å²) in [5, 5.41) is 0. The van der Waals surface area contributed by atoms with E-state index in [0.29, 0.717) is 0 Å². The van der Waals surface area contributed by atoms with Crippen LogP contribution >= 0.6 is 0 Å². The van der Waals surface area contributed by atoms with Crippen molar-refractivity contribution in [3.63, 3.8) is 0 Å². The largest absolute Gasteiger partial charge is 0.726 e. The van der Waals surface area contributed by atoms with Crippen LogP contribution in [0, 0.1) is 0 Å². The first-order valence-electron chi connectivity index (χ1n) is 5.06. The van der Waals surface area contributed by atoms with Crippen molar-refractivity contribution in [3.8, 4) is 0 Å². The van der Waals surface area contributed by atoms with Gasteiger partial charge in [0.15, 0.2) is 11.0 Å². The average molecular weight is 270 g/mol. The minimum absolute atomic E-state index is 0.808. The first-order valence-corrected chi connectivity index (χ1v) is 6.39. The van der Waals surface area contributed by atoms with E-state index >= 15 is 0 Å². The van der Waals surface area contributed by atoms with Gasteiger partial charge in [0.1, 0.15) is 6.54 Å². The Bertz CT molecular complexity index is 619. The van der Waals surface area contributed by atoms with Gasteiger partial charge in [0, 0.05) is 0 Å². The van der Waals surface area contributed by atoms with Crippen LogP contribution in [0.4, 0.5) is 0 Å². The predicted octanol–water partition coefficient (Wildman–Crippen LogP) is 0.734. The summed E-state index contributed by atoms with van der Waals surface area (Å²) in [6.45, 7) is 4.56. The van der Waals surface area contributed by atoms with Gasteiger partial charge < -0.3 is 4.55 Å². The molecule has 0 atom stereocenters. The van der Waals surface area contributed by atoms with E-state index in [2.05, 4.69) is 32.4 Å². The number of para-hydroxylation sites is 2. The normalized spacial score (nSPS) is 10.8. The summed E-state index contributed by atoms with van der Waals surface area (Å²) in [5.74, 6) is 0. The van der Waals surface area contributed by atoms with E-state index in [1.54, 1.807) is 0 Å². The zero-order valence-electron chi connectivity index (χ0n) is 9.87. The van der Waals surface area contributed by atoms with E-state index in [1.165, 1.54) is 11.0 Å². The minimum atomic E-state index is -4.41. The van der Waals surface area contributed by atoms with Crippen LogP contribution in [0.2, 0.25) is 0 Å². The van der Waals surface area contributed by atoms with Crippen LogP contribution in [0.5, 0.6) is 0 Å². The number of rotatable bonds is 3. The van der Waals surface area contributed by atoms with Crippen molar-refractivity contribution < 1.29 is 21.7 Å². The molecule has 0 aliphatic heterocycles. The average Bonchev–Trinajstić information content (AvgIpc) is 2.74. The Morgan fingerprint density at radius 2 is 2.11 bits per heavy atom. The van der Waals surface area contributed by atoms with Crippen LogP contribution < -0.4 is 4.57 Å². The van der Waals surface area contributed by atoms with Crippen LogP contribution in [0.15, 0.2) is 43.2 Å². The van der Waals surface area contributed by atoms with Crippen molar-refractivity contribution in [2.24, 2.45) is 0 Å². The highest BCUT2D eigenvalue weighted by molar-refractivity contribution is 7.80. The second kappa shape index (κ2) is 6.29. The number of benzene rings is 1. The summed E-state index contributed by atoms with van der Waals surface area (Å²) in [7, 11) is -3.60. The molecule has 1 heterocycles. The Morgan fingerprint density at radius 1 is 1.50 bits per heavy atom. The molecule has 2 aromatic rings. The lowest BCUT2D eigenvalue weighted by atomic mass is 10.3. The third-order valence-corrected chi connectivity index (χ3v) is 2.53. The lowest BCUT2D eigenvalue weighted by Gasteiger charge is -1.98. The number of hydrogen-bond donors (Lipinski definition) is 1. The van der Waals surface area contributed by atoms with E-state index in [4.69, 9.17) is 0 Å². The Morgan fingerprint density at radius 3 is 2.67 bits per heavy atom. The molecular weight excluding hydrogens is 256 g/mol. The summed E-state index contributed by atoms with van der Waals surface area (Å²) < 4.78 is 33.1. The first-order chi connectivity index (χ1) is 8.48. The SMILES string of the molecule is C=CC[n+]1c[nH]c2ccccc21.COS(=O)(=O)[O-]. The zero-order chi connectivity index (χ0) is 13.6. The van der Waals surface area contributed by atoms with Crippen molar-refractivity contribution in [3.05, 3.63) is 43.2 Å². The van der Waals surface area contributed by atoms with E-state index in [-0.39, 0.29) is 0 Å². The minimum Gasteiger partial charge on any atom is -0.726 e. The summed E-state index contributed by atoms with van der Waals surface area (Å²) >= 11 is 0. The molecule has 0 saturated carbocycles. The maximum Gasteiger partial charge on any atom is 0.242 e. The highest BCUT2D eigenvalue weighted by Crippen LogP contribution is 2.04.